The number of hydrazone groups is 1. The van der Waals surface area contributed by atoms with Crippen LogP contribution in [0.5, 0.6) is 0 Å². The standard InChI is InChI=1S/C8H7N2O/c9-10-5-7-1-3-8(6-11)4-2-7/h1-5H,9H2. The van der Waals surface area contributed by atoms with Gasteiger partial charge in [0, 0.05) is 5.56 Å². The molecule has 0 spiro atoms. The van der Waals surface area contributed by atoms with Crippen molar-refractivity contribution in [1.82, 2.24) is 0 Å². The Morgan fingerprint density at radius 1 is 1.36 bits per heavy atom. The topological polar surface area (TPSA) is 55.4 Å². The molecule has 0 fully saturated rings. The molecule has 0 bridgehead atoms. The summed E-state index contributed by atoms with van der Waals surface area (Å²) >= 11 is 0. The molecule has 3 nitrogen and oxygen atoms in total. The SMILES string of the molecule is NN=Cc1ccc([C]=O)cc1. The van der Waals surface area contributed by atoms with Gasteiger partial charge < -0.3 is 5.84 Å². The Hall–Kier alpha value is -1.64. The lowest BCUT2D eigenvalue weighted by Crippen LogP contribution is -1.86. The highest BCUT2D eigenvalue weighted by atomic mass is 16.1. The zero-order chi connectivity index (χ0) is 8.10. The van der Waals surface area contributed by atoms with Gasteiger partial charge in [-0.3, -0.25) is 4.79 Å². The van der Waals surface area contributed by atoms with Gasteiger partial charge in [0.15, 0.2) is 0 Å². The molecule has 1 radical (unpaired) electrons. The van der Waals surface area contributed by atoms with E-state index in [0.717, 1.165) is 5.56 Å². The van der Waals surface area contributed by atoms with Crippen LogP contribution in [0, 0.1) is 0 Å². The van der Waals surface area contributed by atoms with Crippen molar-refractivity contribution in [3.05, 3.63) is 35.4 Å². The first-order valence-electron chi connectivity index (χ1n) is 3.08. The van der Waals surface area contributed by atoms with Crippen molar-refractivity contribution in [3.63, 3.8) is 0 Å². The third-order valence-corrected chi connectivity index (χ3v) is 1.25. The maximum Gasteiger partial charge on any atom is 0.233 e. The Morgan fingerprint density at radius 2 is 2.00 bits per heavy atom. The van der Waals surface area contributed by atoms with Crippen molar-refractivity contribution in [2.45, 2.75) is 0 Å². The Kier molecular flexibility index (Phi) is 2.38. The number of nitrogens with two attached hydrogens (primary N) is 1. The Labute approximate surface area is 64.5 Å². The smallest absolute Gasteiger partial charge is 0.233 e. The molecule has 2 N–H and O–H groups in total. The molecular weight excluding hydrogens is 140 g/mol. The quantitative estimate of drug-likeness (QED) is 0.375. The first kappa shape index (κ1) is 7.47. The molecule has 1 rings (SSSR count). The highest BCUT2D eigenvalue weighted by Gasteiger charge is 1.89. The van der Waals surface area contributed by atoms with Crippen LogP contribution in [0.15, 0.2) is 29.4 Å². The first-order chi connectivity index (χ1) is 5.36. The van der Waals surface area contributed by atoms with Gasteiger partial charge in [-0.25, -0.2) is 0 Å². The molecule has 0 aliphatic carbocycles. The first-order valence-corrected chi connectivity index (χ1v) is 3.08. The van der Waals surface area contributed by atoms with Gasteiger partial charge in [-0.05, 0) is 5.56 Å². The van der Waals surface area contributed by atoms with Crippen molar-refractivity contribution >= 4 is 12.5 Å². The molecular formula is C8H7N2O. The fourth-order valence-corrected chi connectivity index (χ4v) is 0.723. The van der Waals surface area contributed by atoms with Crippen LogP contribution in [0.3, 0.4) is 0 Å². The largest absolute Gasteiger partial charge is 0.323 e. The molecule has 11 heavy (non-hydrogen) atoms. The van der Waals surface area contributed by atoms with Crippen molar-refractivity contribution in [2.75, 3.05) is 0 Å². The fourth-order valence-electron chi connectivity index (χ4n) is 0.723. The van der Waals surface area contributed by atoms with E-state index in [-0.39, 0.29) is 0 Å². The van der Waals surface area contributed by atoms with Gasteiger partial charge >= 0.3 is 0 Å². The van der Waals surface area contributed by atoms with E-state index in [1.54, 1.807) is 30.6 Å². The van der Waals surface area contributed by atoms with E-state index >= 15 is 0 Å². The van der Waals surface area contributed by atoms with Crippen LogP contribution < -0.4 is 5.84 Å². The van der Waals surface area contributed by atoms with Gasteiger partial charge in [-0.1, -0.05) is 24.3 Å². The Morgan fingerprint density at radius 3 is 2.45 bits per heavy atom. The van der Waals surface area contributed by atoms with Crippen molar-refractivity contribution in [1.29, 1.82) is 0 Å². The molecule has 55 valence electrons. The number of rotatable bonds is 2. The number of hydrogen-bond donors (Lipinski definition) is 1. The molecule has 0 aliphatic heterocycles. The average molecular weight is 147 g/mol. The third-order valence-electron chi connectivity index (χ3n) is 1.25. The second kappa shape index (κ2) is 3.51. The van der Waals surface area contributed by atoms with Crippen LogP contribution in [0.1, 0.15) is 11.1 Å². The summed E-state index contributed by atoms with van der Waals surface area (Å²) in [5.74, 6) is 4.92. The molecule has 0 aromatic heterocycles. The summed E-state index contributed by atoms with van der Waals surface area (Å²) in [6.07, 6.45) is 3.28. The van der Waals surface area contributed by atoms with E-state index in [4.69, 9.17) is 5.84 Å². The summed E-state index contributed by atoms with van der Waals surface area (Å²) in [6, 6.07) is 6.81. The predicted octanol–water partition coefficient (Wildman–Crippen LogP) is 0.437. The van der Waals surface area contributed by atoms with Crippen LogP contribution in [-0.4, -0.2) is 12.5 Å². The van der Waals surface area contributed by atoms with Gasteiger partial charge in [-0.15, -0.1) is 0 Å². The van der Waals surface area contributed by atoms with Crippen molar-refractivity contribution < 1.29 is 4.79 Å². The Balaban J connectivity index is 2.91. The summed E-state index contributed by atoms with van der Waals surface area (Å²) in [7, 11) is 0. The zero-order valence-electron chi connectivity index (χ0n) is 5.82. The molecule has 0 atom stereocenters. The summed E-state index contributed by atoms with van der Waals surface area (Å²) in [5, 5.41) is 3.34. The molecule has 1 aromatic rings. The van der Waals surface area contributed by atoms with E-state index in [9.17, 15) is 4.79 Å². The number of benzene rings is 1. The molecule has 0 saturated heterocycles. The summed E-state index contributed by atoms with van der Waals surface area (Å²) < 4.78 is 0. The maximum atomic E-state index is 10.1. The average Bonchev–Trinajstić information content (AvgIpc) is 2.07. The monoisotopic (exact) mass is 147 g/mol. The highest BCUT2D eigenvalue weighted by molar-refractivity contribution is 5.82. The Bertz CT molecular complexity index is 264. The normalized spacial score (nSPS) is 10.2. The van der Waals surface area contributed by atoms with Gasteiger partial charge in [0.1, 0.15) is 0 Å². The van der Waals surface area contributed by atoms with E-state index < -0.39 is 0 Å². The third kappa shape index (κ3) is 1.89. The summed E-state index contributed by atoms with van der Waals surface area (Å²) in [6.45, 7) is 0. The second-order valence-corrected chi connectivity index (χ2v) is 2.00. The van der Waals surface area contributed by atoms with Crippen LogP contribution in [0.2, 0.25) is 0 Å². The number of carbonyl (C=O) groups excluding carboxylic acids is 1. The molecule has 0 unspecified atom stereocenters. The van der Waals surface area contributed by atoms with Gasteiger partial charge in [0.05, 0.1) is 6.21 Å². The van der Waals surface area contributed by atoms with Crippen LogP contribution in [-0.2, 0) is 4.79 Å². The molecule has 3 heteroatoms. The fraction of sp³-hybridized carbons (Fsp3) is 0. The summed E-state index contributed by atoms with van der Waals surface area (Å²) in [4.78, 5) is 10.1. The van der Waals surface area contributed by atoms with E-state index in [1.165, 1.54) is 6.21 Å². The van der Waals surface area contributed by atoms with Crippen LogP contribution >= 0.6 is 0 Å². The second-order valence-electron chi connectivity index (χ2n) is 2.00. The summed E-state index contributed by atoms with van der Waals surface area (Å²) in [5.41, 5.74) is 1.39. The highest BCUT2D eigenvalue weighted by Crippen LogP contribution is 1.98. The van der Waals surface area contributed by atoms with E-state index in [0.29, 0.717) is 5.56 Å². The van der Waals surface area contributed by atoms with Gasteiger partial charge in [0.2, 0.25) is 6.29 Å². The predicted molar refractivity (Wildman–Crippen MR) is 43.0 cm³/mol. The van der Waals surface area contributed by atoms with Gasteiger partial charge in [0.25, 0.3) is 0 Å². The molecule has 0 amide bonds. The molecule has 1 aromatic carbocycles. The van der Waals surface area contributed by atoms with E-state index in [1.807, 2.05) is 0 Å². The molecule has 0 heterocycles. The maximum absolute atomic E-state index is 10.1. The van der Waals surface area contributed by atoms with Gasteiger partial charge in [-0.2, -0.15) is 5.10 Å². The van der Waals surface area contributed by atoms with Crippen molar-refractivity contribution in [2.24, 2.45) is 10.9 Å². The minimum Gasteiger partial charge on any atom is -0.323 e. The number of nitrogens with zero attached hydrogens (tertiary/aromatic N) is 1. The molecule has 0 saturated carbocycles. The lowest BCUT2D eigenvalue weighted by atomic mass is 10.2. The van der Waals surface area contributed by atoms with Crippen molar-refractivity contribution in [3.8, 4) is 0 Å². The van der Waals surface area contributed by atoms with Crippen LogP contribution in [0.4, 0.5) is 0 Å². The van der Waals surface area contributed by atoms with Crippen LogP contribution in [0.25, 0.3) is 0 Å². The lowest BCUT2D eigenvalue weighted by Gasteiger charge is -1.90. The minimum absolute atomic E-state index is 0.527. The lowest BCUT2D eigenvalue weighted by molar-refractivity contribution is 0.563. The number of hydrogen-bond acceptors (Lipinski definition) is 3. The minimum atomic E-state index is 0.527. The zero-order valence-corrected chi connectivity index (χ0v) is 5.82. The molecule has 0 aliphatic rings. The van der Waals surface area contributed by atoms with E-state index in [2.05, 4.69) is 5.10 Å².